The number of hydrogen-bond acceptors (Lipinski definition) is 5. The summed E-state index contributed by atoms with van der Waals surface area (Å²) in [6.07, 6.45) is 3.49. The molecule has 21 heavy (non-hydrogen) atoms. The first-order chi connectivity index (χ1) is 10.3. The summed E-state index contributed by atoms with van der Waals surface area (Å²) in [7, 11) is 0. The number of para-hydroxylation sites is 1. The maximum absolute atomic E-state index is 4.31. The van der Waals surface area contributed by atoms with E-state index in [1.807, 2.05) is 0 Å². The zero-order valence-corrected chi connectivity index (χ0v) is 13.7. The van der Waals surface area contributed by atoms with Crippen molar-refractivity contribution in [3.8, 4) is 0 Å². The van der Waals surface area contributed by atoms with Gasteiger partial charge >= 0.3 is 0 Å². The van der Waals surface area contributed by atoms with Gasteiger partial charge in [0, 0.05) is 30.3 Å². The fraction of sp³-hybridized carbons (Fsp3) is 0.500. The molecule has 0 aliphatic carbocycles. The average Bonchev–Trinajstić information content (AvgIpc) is 2.97. The minimum atomic E-state index is 0.812. The van der Waals surface area contributed by atoms with Crippen molar-refractivity contribution in [2.24, 2.45) is 0 Å². The van der Waals surface area contributed by atoms with Gasteiger partial charge in [0.2, 0.25) is 0 Å². The molecule has 0 fully saturated rings. The van der Waals surface area contributed by atoms with E-state index in [0.717, 1.165) is 36.8 Å². The second kappa shape index (κ2) is 8.62. The lowest BCUT2D eigenvalue weighted by Crippen LogP contribution is -2.24. The molecule has 0 saturated carbocycles. The molecular formula is C16H24N4S. The first-order valence-electron chi connectivity index (χ1n) is 7.70. The van der Waals surface area contributed by atoms with Crippen LogP contribution in [-0.4, -0.2) is 22.7 Å². The van der Waals surface area contributed by atoms with Gasteiger partial charge in [-0.1, -0.05) is 43.0 Å². The minimum absolute atomic E-state index is 0.812. The van der Waals surface area contributed by atoms with Gasteiger partial charge in [0.1, 0.15) is 10.7 Å². The number of nitrogens with one attached hydrogen (secondary N) is 1. The van der Waals surface area contributed by atoms with Gasteiger partial charge in [-0.25, -0.2) is 0 Å². The Balaban J connectivity index is 2.10. The van der Waals surface area contributed by atoms with E-state index in [-0.39, 0.29) is 0 Å². The number of nitrogens with zero attached hydrogens (tertiary/aromatic N) is 3. The number of anilines is 2. The van der Waals surface area contributed by atoms with E-state index in [1.54, 1.807) is 0 Å². The van der Waals surface area contributed by atoms with Crippen LogP contribution in [0, 0.1) is 0 Å². The molecule has 0 atom stereocenters. The molecule has 1 heterocycles. The quantitative estimate of drug-likeness (QED) is 0.755. The maximum atomic E-state index is 4.31. The van der Waals surface area contributed by atoms with E-state index in [9.17, 15) is 0 Å². The molecule has 0 spiro atoms. The summed E-state index contributed by atoms with van der Waals surface area (Å²) in [6, 6.07) is 10.6. The van der Waals surface area contributed by atoms with Crippen LogP contribution in [-0.2, 0) is 6.54 Å². The summed E-state index contributed by atoms with van der Waals surface area (Å²) < 4.78 is 4.10. The van der Waals surface area contributed by atoms with E-state index < -0.39 is 0 Å². The molecule has 1 aromatic heterocycles. The van der Waals surface area contributed by atoms with Crippen molar-refractivity contribution >= 4 is 22.2 Å². The summed E-state index contributed by atoms with van der Waals surface area (Å²) in [4.78, 5) is 2.39. The molecule has 0 unspecified atom stereocenters. The standard InChI is InChI=1S/C16H24N4S/c1-3-5-12-20(14-9-7-6-8-10-14)13-15-16(17-11-4-2)21-19-18-15/h6-10,17H,3-5,11-13H2,1-2H3. The van der Waals surface area contributed by atoms with Crippen LogP contribution in [0.1, 0.15) is 38.8 Å². The van der Waals surface area contributed by atoms with Gasteiger partial charge in [0.25, 0.3) is 0 Å². The first kappa shape index (κ1) is 15.8. The summed E-state index contributed by atoms with van der Waals surface area (Å²) in [5.41, 5.74) is 2.30. The molecule has 0 amide bonds. The third-order valence-corrected chi connectivity index (χ3v) is 4.06. The smallest absolute Gasteiger partial charge is 0.135 e. The second-order valence-electron chi connectivity index (χ2n) is 5.09. The van der Waals surface area contributed by atoms with Crippen molar-refractivity contribution in [3.63, 3.8) is 0 Å². The Hall–Kier alpha value is -1.62. The van der Waals surface area contributed by atoms with Gasteiger partial charge in [-0.3, -0.25) is 0 Å². The molecule has 2 aromatic rings. The van der Waals surface area contributed by atoms with Crippen LogP contribution in [0.3, 0.4) is 0 Å². The van der Waals surface area contributed by atoms with Crippen molar-refractivity contribution in [3.05, 3.63) is 36.0 Å². The zero-order valence-electron chi connectivity index (χ0n) is 12.9. The largest absolute Gasteiger partial charge is 0.374 e. The van der Waals surface area contributed by atoms with E-state index in [4.69, 9.17) is 0 Å². The normalized spacial score (nSPS) is 10.6. The molecule has 114 valence electrons. The van der Waals surface area contributed by atoms with Crippen molar-refractivity contribution < 1.29 is 0 Å². The predicted molar refractivity (Wildman–Crippen MR) is 91.1 cm³/mol. The average molecular weight is 304 g/mol. The van der Waals surface area contributed by atoms with Gasteiger partial charge in [0.15, 0.2) is 0 Å². The zero-order chi connectivity index (χ0) is 14.9. The molecule has 0 saturated heterocycles. The lowest BCUT2D eigenvalue weighted by atomic mass is 10.2. The van der Waals surface area contributed by atoms with Crippen LogP contribution in [0.15, 0.2) is 30.3 Å². The number of unbranched alkanes of at least 4 members (excludes halogenated alkanes) is 1. The molecule has 0 radical (unpaired) electrons. The Morgan fingerprint density at radius 1 is 1.14 bits per heavy atom. The summed E-state index contributed by atoms with van der Waals surface area (Å²) in [5, 5.41) is 8.84. The number of hydrogen-bond donors (Lipinski definition) is 1. The van der Waals surface area contributed by atoms with Gasteiger partial charge < -0.3 is 10.2 Å². The van der Waals surface area contributed by atoms with Crippen LogP contribution in [0.4, 0.5) is 10.7 Å². The Morgan fingerprint density at radius 2 is 1.95 bits per heavy atom. The highest BCUT2D eigenvalue weighted by Gasteiger charge is 2.13. The summed E-state index contributed by atoms with van der Waals surface area (Å²) >= 11 is 1.45. The van der Waals surface area contributed by atoms with E-state index in [1.165, 1.54) is 30.1 Å². The summed E-state index contributed by atoms with van der Waals surface area (Å²) in [5.74, 6) is 0. The monoisotopic (exact) mass is 304 g/mol. The first-order valence-corrected chi connectivity index (χ1v) is 8.47. The lowest BCUT2D eigenvalue weighted by molar-refractivity contribution is 0.707. The van der Waals surface area contributed by atoms with E-state index in [0.29, 0.717) is 0 Å². The Bertz CT molecular complexity index is 512. The Kier molecular flexibility index (Phi) is 6.47. The predicted octanol–water partition coefficient (Wildman–Crippen LogP) is 4.17. The van der Waals surface area contributed by atoms with Crippen molar-refractivity contribution in [2.75, 3.05) is 23.3 Å². The van der Waals surface area contributed by atoms with Crippen LogP contribution in [0.5, 0.6) is 0 Å². The van der Waals surface area contributed by atoms with Gasteiger partial charge in [-0.2, -0.15) is 0 Å². The number of benzene rings is 1. The fourth-order valence-electron chi connectivity index (χ4n) is 2.15. The molecule has 0 aliphatic rings. The maximum Gasteiger partial charge on any atom is 0.135 e. The molecule has 4 nitrogen and oxygen atoms in total. The molecule has 1 aromatic carbocycles. The van der Waals surface area contributed by atoms with Crippen molar-refractivity contribution in [1.82, 2.24) is 9.59 Å². The van der Waals surface area contributed by atoms with E-state index in [2.05, 4.69) is 64.0 Å². The molecular weight excluding hydrogens is 280 g/mol. The van der Waals surface area contributed by atoms with Crippen molar-refractivity contribution in [2.45, 2.75) is 39.7 Å². The molecule has 0 aliphatic heterocycles. The van der Waals surface area contributed by atoms with E-state index >= 15 is 0 Å². The second-order valence-corrected chi connectivity index (χ2v) is 5.84. The Morgan fingerprint density at radius 3 is 2.67 bits per heavy atom. The van der Waals surface area contributed by atoms with Crippen LogP contribution in [0.2, 0.25) is 0 Å². The third-order valence-electron chi connectivity index (χ3n) is 3.33. The van der Waals surface area contributed by atoms with Crippen molar-refractivity contribution in [1.29, 1.82) is 0 Å². The molecule has 1 N–H and O–H groups in total. The highest BCUT2D eigenvalue weighted by molar-refractivity contribution is 7.10. The third kappa shape index (κ3) is 4.70. The van der Waals surface area contributed by atoms with Crippen LogP contribution < -0.4 is 10.2 Å². The van der Waals surface area contributed by atoms with Gasteiger partial charge in [0.05, 0.1) is 6.54 Å². The number of aromatic nitrogens is 2. The van der Waals surface area contributed by atoms with Crippen LogP contribution >= 0.6 is 11.5 Å². The Labute approximate surface area is 131 Å². The van der Waals surface area contributed by atoms with Gasteiger partial charge in [-0.15, -0.1) is 5.10 Å². The minimum Gasteiger partial charge on any atom is -0.374 e. The molecule has 5 heteroatoms. The molecule has 2 rings (SSSR count). The SMILES string of the molecule is CCCCN(Cc1nnsc1NCCC)c1ccccc1. The topological polar surface area (TPSA) is 41.1 Å². The fourth-order valence-corrected chi connectivity index (χ4v) is 2.75. The van der Waals surface area contributed by atoms with Crippen LogP contribution in [0.25, 0.3) is 0 Å². The van der Waals surface area contributed by atoms with Gasteiger partial charge in [-0.05, 0) is 25.0 Å². The molecule has 0 bridgehead atoms. The lowest BCUT2D eigenvalue weighted by Gasteiger charge is -2.24. The highest BCUT2D eigenvalue weighted by atomic mass is 32.1. The number of rotatable bonds is 9. The highest BCUT2D eigenvalue weighted by Crippen LogP contribution is 2.23. The summed E-state index contributed by atoms with van der Waals surface area (Å²) in [6.45, 7) is 7.22.